The third-order valence-electron chi connectivity index (χ3n) is 0.995. The molecule has 0 heterocycles. The molecule has 0 aromatic rings. The highest BCUT2D eigenvalue weighted by molar-refractivity contribution is 4.40. The average molecular weight is 131 g/mol. The van der Waals surface area contributed by atoms with Crippen LogP contribution < -0.4 is 0 Å². The summed E-state index contributed by atoms with van der Waals surface area (Å²) in [4.78, 5) is 0. The molecule has 55 valence electrons. The first-order valence-electron chi connectivity index (χ1n) is 3.51. The second-order valence-corrected chi connectivity index (χ2v) is 2.24. The van der Waals surface area contributed by atoms with Crippen LogP contribution in [-0.2, 0) is 9.84 Å². The van der Waals surface area contributed by atoms with Gasteiger partial charge in [0.05, 0.1) is 6.61 Å². The Morgan fingerprint density at radius 2 is 2.22 bits per heavy atom. The van der Waals surface area contributed by atoms with E-state index in [0.717, 1.165) is 19.4 Å². The monoisotopic (exact) mass is 131 g/mol. The summed E-state index contributed by atoms with van der Waals surface area (Å²) in [6, 6.07) is 0. The highest BCUT2D eigenvalue weighted by atomic mass is 16.5. The van der Waals surface area contributed by atoms with Crippen molar-refractivity contribution in [3.8, 4) is 0 Å². The molecule has 0 aliphatic heterocycles. The van der Waals surface area contributed by atoms with Gasteiger partial charge in [0.2, 0.25) is 0 Å². The minimum Gasteiger partial charge on any atom is -0.379 e. The molecule has 0 saturated carbocycles. The molecule has 9 heavy (non-hydrogen) atoms. The maximum atomic E-state index is 10.4. The van der Waals surface area contributed by atoms with Crippen LogP contribution >= 0.6 is 0 Å². The molecule has 2 heteroatoms. The summed E-state index contributed by atoms with van der Waals surface area (Å²) < 4.78 is 5.02. The summed E-state index contributed by atoms with van der Waals surface area (Å²) in [6.07, 6.45) is 1.63. The van der Waals surface area contributed by atoms with E-state index in [0.29, 0.717) is 6.61 Å². The van der Waals surface area contributed by atoms with E-state index in [1.54, 1.807) is 6.92 Å². The third kappa shape index (κ3) is 7.92. The number of unbranched alkanes of at least 4 members (excludes halogenated alkanes) is 1. The van der Waals surface area contributed by atoms with Crippen LogP contribution in [0.3, 0.4) is 0 Å². The molecular formula is C7H15O2. The van der Waals surface area contributed by atoms with Crippen LogP contribution in [0.5, 0.6) is 0 Å². The van der Waals surface area contributed by atoms with Crippen LogP contribution in [0.25, 0.3) is 0 Å². The van der Waals surface area contributed by atoms with Gasteiger partial charge in [-0.15, -0.1) is 0 Å². The van der Waals surface area contributed by atoms with E-state index >= 15 is 0 Å². The average Bonchev–Trinajstić information content (AvgIpc) is 1.80. The Kier molecular flexibility index (Phi) is 5.99. The second kappa shape index (κ2) is 6.05. The summed E-state index contributed by atoms with van der Waals surface area (Å²) in [5.41, 5.74) is 0. The van der Waals surface area contributed by atoms with E-state index in [1.165, 1.54) is 0 Å². The standard InChI is InChI=1S/C7H15O2/c1-3-4-5-9-6-7(2)8/h7H,3-6H2,1-2H3. The Balaban J connectivity index is 2.75. The van der Waals surface area contributed by atoms with Crippen molar-refractivity contribution in [2.24, 2.45) is 0 Å². The lowest BCUT2D eigenvalue weighted by atomic mass is 10.4. The second-order valence-electron chi connectivity index (χ2n) is 2.24. The summed E-state index contributed by atoms with van der Waals surface area (Å²) in [7, 11) is 0. The first kappa shape index (κ1) is 8.92. The smallest absolute Gasteiger partial charge is 0.113 e. The molecule has 0 aromatic heterocycles. The van der Waals surface area contributed by atoms with E-state index in [9.17, 15) is 5.11 Å². The summed E-state index contributed by atoms with van der Waals surface area (Å²) in [5.74, 6) is 0. The molecule has 0 amide bonds. The first-order valence-corrected chi connectivity index (χ1v) is 3.51. The van der Waals surface area contributed by atoms with E-state index in [1.807, 2.05) is 0 Å². The molecule has 1 atom stereocenters. The molecule has 0 aromatic carbocycles. The van der Waals surface area contributed by atoms with Crippen molar-refractivity contribution in [3.63, 3.8) is 0 Å². The molecule has 1 radical (unpaired) electrons. The van der Waals surface area contributed by atoms with Crippen molar-refractivity contribution in [1.29, 1.82) is 0 Å². The fraction of sp³-hybridized carbons (Fsp3) is 1.00. The quantitative estimate of drug-likeness (QED) is 0.521. The van der Waals surface area contributed by atoms with Crippen molar-refractivity contribution >= 4 is 0 Å². The number of rotatable bonds is 5. The van der Waals surface area contributed by atoms with E-state index in [2.05, 4.69) is 6.92 Å². The van der Waals surface area contributed by atoms with Gasteiger partial charge in [-0.2, -0.15) is 0 Å². The molecule has 0 saturated heterocycles. The minimum absolute atomic E-state index is 0.361. The largest absolute Gasteiger partial charge is 0.379 e. The fourth-order valence-corrected chi connectivity index (χ4v) is 0.496. The van der Waals surface area contributed by atoms with Gasteiger partial charge in [0.15, 0.2) is 0 Å². The molecule has 2 nitrogen and oxygen atoms in total. The van der Waals surface area contributed by atoms with Crippen molar-refractivity contribution in [3.05, 3.63) is 0 Å². The van der Waals surface area contributed by atoms with Gasteiger partial charge in [0.1, 0.15) is 6.10 Å². The van der Waals surface area contributed by atoms with Crippen molar-refractivity contribution in [2.75, 3.05) is 13.2 Å². The third-order valence-corrected chi connectivity index (χ3v) is 0.995. The summed E-state index contributed by atoms with van der Waals surface area (Å²) in [6.45, 7) is 4.82. The van der Waals surface area contributed by atoms with Crippen molar-refractivity contribution in [2.45, 2.75) is 32.8 Å². The van der Waals surface area contributed by atoms with E-state index in [4.69, 9.17) is 4.74 Å². The molecule has 1 unspecified atom stereocenters. The molecule has 0 fully saturated rings. The van der Waals surface area contributed by atoms with Crippen LogP contribution in [0.1, 0.15) is 26.7 Å². The van der Waals surface area contributed by atoms with Crippen LogP contribution in [0.15, 0.2) is 0 Å². The summed E-state index contributed by atoms with van der Waals surface area (Å²) in [5, 5.41) is 10.4. The first-order chi connectivity index (χ1) is 4.27. The maximum Gasteiger partial charge on any atom is 0.113 e. The molecular weight excluding hydrogens is 116 g/mol. The Morgan fingerprint density at radius 3 is 2.67 bits per heavy atom. The number of ether oxygens (including phenoxy) is 1. The number of hydrogen-bond donors (Lipinski definition) is 0. The highest BCUT2D eigenvalue weighted by Crippen LogP contribution is 1.89. The molecule has 0 bridgehead atoms. The molecule has 0 aliphatic carbocycles. The lowest BCUT2D eigenvalue weighted by Gasteiger charge is -2.02. The van der Waals surface area contributed by atoms with Crippen LogP contribution in [0.2, 0.25) is 0 Å². The van der Waals surface area contributed by atoms with E-state index in [-0.39, 0.29) is 0 Å². The van der Waals surface area contributed by atoms with Crippen LogP contribution in [0.4, 0.5) is 0 Å². The fourth-order valence-electron chi connectivity index (χ4n) is 0.496. The van der Waals surface area contributed by atoms with E-state index < -0.39 is 6.10 Å². The van der Waals surface area contributed by atoms with Gasteiger partial charge in [-0.05, 0) is 13.3 Å². The van der Waals surface area contributed by atoms with Gasteiger partial charge in [0, 0.05) is 6.61 Å². The predicted octanol–water partition coefficient (Wildman–Crippen LogP) is 1.62. The Bertz CT molecular complexity index is 52.9. The zero-order valence-corrected chi connectivity index (χ0v) is 6.22. The van der Waals surface area contributed by atoms with Gasteiger partial charge >= 0.3 is 0 Å². The minimum atomic E-state index is -0.568. The SMILES string of the molecule is CCCCOCC(C)[O]. The lowest BCUT2D eigenvalue weighted by Crippen LogP contribution is -2.09. The zero-order valence-electron chi connectivity index (χ0n) is 6.22. The topological polar surface area (TPSA) is 29.1 Å². The molecule has 0 rings (SSSR count). The predicted molar refractivity (Wildman–Crippen MR) is 35.9 cm³/mol. The highest BCUT2D eigenvalue weighted by Gasteiger charge is 1.94. The number of hydrogen-bond acceptors (Lipinski definition) is 1. The van der Waals surface area contributed by atoms with Gasteiger partial charge in [-0.25, -0.2) is 5.11 Å². The molecule has 0 spiro atoms. The van der Waals surface area contributed by atoms with Gasteiger partial charge in [0.25, 0.3) is 0 Å². The molecule has 0 N–H and O–H groups in total. The Labute approximate surface area is 56.8 Å². The van der Waals surface area contributed by atoms with Gasteiger partial charge in [-0.1, -0.05) is 13.3 Å². The molecule has 0 aliphatic rings. The van der Waals surface area contributed by atoms with Gasteiger partial charge in [-0.3, -0.25) is 0 Å². The zero-order chi connectivity index (χ0) is 7.11. The normalized spacial score (nSPS) is 13.7. The van der Waals surface area contributed by atoms with Crippen LogP contribution in [0, 0.1) is 0 Å². The summed E-state index contributed by atoms with van der Waals surface area (Å²) >= 11 is 0. The van der Waals surface area contributed by atoms with Crippen molar-refractivity contribution < 1.29 is 9.84 Å². The van der Waals surface area contributed by atoms with Gasteiger partial charge < -0.3 is 4.74 Å². The van der Waals surface area contributed by atoms with Crippen molar-refractivity contribution in [1.82, 2.24) is 0 Å². The lowest BCUT2D eigenvalue weighted by molar-refractivity contribution is 0.00693. The Morgan fingerprint density at radius 1 is 1.56 bits per heavy atom. The Hall–Kier alpha value is -0.0800. The maximum absolute atomic E-state index is 10.4. The van der Waals surface area contributed by atoms with Crippen LogP contribution in [-0.4, -0.2) is 19.3 Å².